The molecule has 5 heteroatoms. The maximum Gasteiger partial charge on any atom is 0.327 e. The van der Waals surface area contributed by atoms with Crippen LogP contribution in [0, 0.1) is 0 Å². The molecule has 1 aliphatic heterocycles. The van der Waals surface area contributed by atoms with Crippen molar-refractivity contribution in [3.8, 4) is 0 Å². The maximum atomic E-state index is 11.5. The van der Waals surface area contributed by atoms with Crippen LogP contribution in [0.2, 0.25) is 0 Å². The van der Waals surface area contributed by atoms with Gasteiger partial charge in [-0.05, 0) is 86.0 Å². The first-order valence-corrected chi connectivity index (χ1v) is 13.6. The number of hydrogen-bond donors (Lipinski definition) is 2. The number of aliphatic carboxylic acids is 1. The summed E-state index contributed by atoms with van der Waals surface area (Å²) in [5.74, 6) is 1.46. The molecule has 0 spiro atoms. The van der Waals surface area contributed by atoms with E-state index in [9.17, 15) is 9.90 Å². The Bertz CT molecular complexity index is 743. The maximum absolute atomic E-state index is 11.5. The third kappa shape index (κ3) is 15.7. The molecule has 1 aliphatic rings. The molecule has 2 N–H and O–H groups in total. The summed E-state index contributed by atoms with van der Waals surface area (Å²) in [5, 5.41) is 12.5. The van der Waals surface area contributed by atoms with E-state index in [0.717, 1.165) is 56.7 Å². The normalized spacial score (nSPS) is 15.9. The number of carboxylic acid groups (broad SMARTS) is 1. The number of nitrogens with zero attached hydrogens (tertiary/aromatic N) is 1. The highest BCUT2D eigenvalue weighted by atomic mass is 32.2. The fraction of sp³-hybridized carbons (Fsp3) is 0.643. The predicted molar refractivity (Wildman–Crippen MR) is 146 cm³/mol. The van der Waals surface area contributed by atoms with Gasteiger partial charge in [-0.1, -0.05) is 46.6 Å². The molecule has 1 rings (SSSR count). The molecule has 0 aliphatic carbocycles. The quantitative estimate of drug-likeness (QED) is 0.180. The molecule has 4 nitrogen and oxygen atoms in total. The molecule has 33 heavy (non-hydrogen) atoms. The second kappa shape index (κ2) is 17.7. The number of nitrogens with one attached hydrogen (secondary N) is 1. The molecule has 0 aromatic heterocycles. The van der Waals surface area contributed by atoms with E-state index < -0.39 is 12.0 Å². The van der Waals surface area contributed by atoms with Gasteiger partial charge in [0.25, 0.3) is 0 Å². The highest BCUT2D eigenvalue weighted by molar-refractivity contribution is 7.99. The first kappa shape index (κ1) is 29.3. The lowest BCUT2D eigenvalue weighted by Crippen LogP contribution is -2.42. The lowest BCUT2D eigenvalue weighted by molar-refractivity contribution is -0.138. The molecule has 1 unspecified atom stereocenters. The number of allylic oxidation sites excluding steroid dienone is 7. The fourth-order valence-electron chi connectivity index (χ4n) is 3.59. The van der Waals surface area contributed by atoms with Gasteiger partial charge in [-0.15, -0.1) is 0 Å². The molecule has 0 fully saturated rings. The number of carbonyl (C=O) groups is 1. The molecule has 1 heterocycles. The minimum absolute atomic E-state index is 0.554. The zero-order valence-corrected chi connectivity index (χ0v) is 22.4. The molecule has 0 radical (unpaired) electrons. The Morgan fingerprint density at radius 3 is 2.18 bits per heavy atom. The molecule has 0 saturated carbocycles. The smallest absolute Gasteiger partial charge is 0.327 e. The number of thioether (sulfide) groups is 1. The Morgan fingerprint density at radius 1 is 0.970 bits per heavy atom. The molecule has 0 aromatic rings. The van der Waals surface area contributed by atoms with Gasteiger partial charge in [0.05, 0.1) is 5.84 Å². The largest absolute Gasteiger partial charge is 0.480 e. The Morgan fingerprint density at radius 2 is 1.61 bits per heavy atom. The Hall–Kier alpha value is -1.75. The summed E-state index contributed by atoms with van der Waals surface area (Å²) in [6.45, 7) is 11.8. The number of carboxylic acids is 1. The number of amidine groups is 1. The molecular formula is C28H46N2O2S. The molecule has 0 bridgehead atoms. The van der Waals surface area contributed by atoms with Gasteiger partial charge < -0.3 is 10.4 Å². The summed E-state index contributed by atoms with van der Waals surface area (Å²) in [6, 6.07) is -0.554. The van der Waals surface area contributed by atoms with Gasteiger partial charge in [0.2, 0.25) is 0 Å². The van der Waals surface area contributed by atoms with Gasteiger partial charge in [-0.25, -0.2) is 4.79 Å². The molecule has 1 atom stereocenters. The monoisotopic (exact) mass is 474 g/mol. The number of hydrogen-bond acceptors (Lipinski definition) is 4. The number of unbranched alkanes of at least 4 members (excludes halogenated alkanes) is 1. The molecular weight excluding hydrogens is 428 g/mol. The van der Waals surface area contributed by atoms with Crippen molar-refractivity contribution in [2.45, 2.75) is 98.4 Å². The molecule has 0 aromatic carbocycles. The molecule has 0 saturated heterocycles. The van der Waals surface area contributed by atoms with E-state index in [1.807, 2.05) is 0 Å². The van der Waals surface area contributed by atoms with Crippen molar-refractivity contribution in [2.24, 2.45) is 4.99 Å². The van der Waals surface area contributed by atoms with Crippen LogP contribution in [0.15, 0.2) is 51.6 Å². The van der Waals surface area contributed by atoms with Crippen LogP contribution in [0.4, 0.5) is 0 Å². The topological polar surface area (TPSA) is 61.7 Å². The van der Waals surface area contributed by atoms with E-state index in [2.05, 4.69) is 69.2 Å². The molecule has 0 amide bonds. The predicted octanol–water partition coefficient (Wildman–Crippen LogP) is 7.49. The minimum Gasteiger partial charge on any atom is -0.480 e. The summed E-state index contributed by atoms with van der Waals surface area (Å²) in [6.07, 6.45) is 19.3. The summed E-state index contributed by atoms with van der Waals surface area (Å²) < 4.78 is 0. The summed E-state index contributed by atoms with van der Waals surface area (Å²) in [5.41, 5.74) is 5.77. The van der Waals surface area contributed by atoms with Crippen molar-refractivity contribution in [1.82, 2.24) is 5.32 Å². The molecule has 186 valence electrons. The van der Waals surface area contributed by atoms with Gasteiger partial charge >= 0.3 is 5.97 Å². The first-order chi connectivity index (χ1) is 15.8. The summed E-state index contributed by atoms with van der Waals surface area (Å²) >= 11 is 1.66. The zero-order valence-electron chi connectivity index (χ0n) is 21.6. The van der Waals surface area contributed by atoms with Crippen LogP contribution >= 0.6 is 11.8 Å². The van der Waals surface area contributed by atoms with Crippen molar-refractivity contribution in [3.05, 3.63) is 46.6 Å². The van der Waals surface area contributed by atoms with Crippen LogP contribution in [0.5, 0.6) is 0 Å². The van der Waals surface area contributed by atoms with Crippen LogP contribution in [-0.2, 0) is 4.79 Å². The average molecular weight is 475 g/mol. The van der Waals surface area contributed by atoms with E-state index in [0.29, 0.717) is 5.75 Å². The van der Waals surface area contributed by atoms with E-state index in [4.69, 9.17) is 0 Å². The van der Waals surface area contributed by atoms with E-state index in [1.165, 1.54) is 41.6 Å². The van der Waals surface area contributed by atoms with Gasteiger partial charge in [-0.2, -0.15) is 11.8 Å². The summed E-state index contributed by atoms with van der Waals surface area (Å²) in [4.78, 5) is 15.8. The Kier molecular flexibility index (Phi) is 15.7. The average Bonchev–Trinajstić information content (AvgIpc) is 3.26. The SMILES string of the molecule is CC(C)=CCCC/C(C)=C/CC/C(C)=C/CC/C(C)=C/CSCC(NC1=NCCC1)C(=O)O. The van der Waals surface area contributed by atoms with E-state index in [-0.39, 0.29) is 0 Å². The standard InChI is InChI=1S/C28H46N2O2S/c1-22(2)11-6-7-12-23(3)13-8-14-24(4)15-9-16-25(5)18-20-33-21-26(28(31)32)30-27-17-10-19-29-27/h11,13,15,18,26H,6-10,12,14,16-17,19-21H2,1-5H3,(H,29,30)(H,31,32)/b23-13+,24-15+,25-18+. The van der Waals surface area contributed by atoms with Gasteiger partial charge in [0.1, 0.15) is 6.04 Å². The summed E-state index contributed by atoms with van der Waals surface area (Å²) in [7, 11) is 0. The fourth-order valence-corrected chi connectivity index (χ4v) is 4.59. The van der Waals surface area contributed by atoms with Crippen LogP contribution in [0.1, 0.15) is 92.4 Å². The minimum atomic E-state index is -0.799. The van der Waals surface area contributed by atoms with Crippen molar-refractivity contribution in [1.29, 1.82) is 0 Å². The lowest BCUT2D eigenvalue weighted by Gasteiger charge is -2.14. The van der Waals surface area contributed by atoms with Crippen LogP contribution < -0.4 is 5.32 Å². The van der Waals surface area contributed by atoms with Crippen molar-refractivity contribution < 1.29 is 9.90 Å². The van der Waals surface area contributed by atoms with Gasteiger partial charge in [-0.3, -0.25) is 4.99 Å². The second-order valence-electron chi connectivity index (χ2n) is 9.41. The third-order valence-electron chi connectivity index (χ3n) is 5.74. The highest BCUT2D eigenvalue weighted by Crippen LogP contribution is 2.15. The lowest BCUT2D eigenvalue weighted by atomic mass is 10.0. The first-order valence-electron chi connectivity index (χ1n) is 12.5. The van der Waals surface area contributed by atoms with Crippen LogP contribution in [-0.4, -0.2) is 41.0 Å². The van der Waals surface area contributed by atoms with E-state index >= 15 is 0 Å². The number of rotatable bonds is 16. The van der Waals surface area contributed by atoms with Gasteiger partial charge in [0, 0.05) is 24.5 Å². The Labute approximate surface area is 206 Å². The Balaban J connectivity index is 2.21. The van der Waals surface area contributed by atoms with Crippen LogP contribution in [0.3, 0.4) is 0 Å². The van der Waals surface area contributed by atoms with Crippen molar-refractivity contribution >= 4 is 23.6 Å². The zero-order chi connectivity index (χ0) is 24.5. The number of aliphatic imine (C=N–C) groups is 1. The van der Waals surface area contributed by atoms with Crippen molar-refractivity contribution in [2.75, 3.05) is 18.1 Å². The third-order valence-corrected chi connectivity index (χ3v) is 6.71. The highest BCUT2D eigenvalue weighted by Gasteiger charge is 2.19. The van der Waals surface area contributed by atoms with Gasteiger partial charge in [0.15, 0.2) is 0 Å². The second-order valence-corrected chi connectivity index (χ2v) is 10.5. The van der Waals surface area contributed by atoms with Crippen molar-refractivity contribution in [3.63, 3.8) is 0 Å². The van der Waals surface area contributed by atoms with Crippen LogP contribution in [0.25, 0.3) is 0 Å². The van der Waals surface area contributed by atoms with E-state index in [1.54, 1.807) is 11.8 Å².